The van der Waals surface area contributed by atoms with E-state index < -0.39 is 5.97 Å². The van der Waals surface area contributed by atoms with E-state index >= 15 is 0 Å². The van der Waals surface area contributed by atoms with Crippen LogP contribution in [0.4, 0.5) is 0 Å². The Hall–Kier alpha value is -1.17. The molecule has 0 aliphatic carbocycles. The van der Waals surface area contributed by atoms with Crippen molar-refractivity contribution in [3.63, 3.8) is 0 Å². The Balaban J connectivity index is 2.43. The van der Waals surface area contributed by atoms with Crippen LogP contribution in [-0.2, 0) is 4.79 Å². The Labute approximate surface area is 124 Å². The van der Waals surface area contributed by atoms with Gasteiger partial charge in [0.2, 0.25) is 0 Å². The second-order valence-corrected chi connectivity index (χ2v) is 5.64. The molecule has 1 aromatic heterocycles. The van der Waals surface area contributed by atoms with E-state index in [1.807, 2.05) is 11.5 Å². The molecule has 0 radical (unpaired) electrons. The van der Waals surface area contributed by atoms with Crippen molar-refractivity contribution in [1.29, 1.82) is 0 Å². The number of carboxylic acid groups (broad SMARTS) is 1. The summed E-state index contributed by atoms with van der Waals surface area (Å²) >= 11 is 13.1. The summed E-state index contributed by atoms with van der Waals surface area (Å²) in [6.45, 7) is 1.88. The number of aliphatic carboxylic acids is 1. The van der Waals surface area contributed by atoms with Crippen molar-refractivity contribution in [2.45, 2.75) is 12.1 Å². The molecular weight excluding hydrogens is 307 g/mol. The molecule has 0 bridgehead atoms. The molecule has 0 aliphatic heterocycles. The van der Waals surface area contributed by atoms with Gasteiger partial charge in [0.1, 0.15) is 0 Å². The van der Waals surface area contributed by atoms with Gasteiger partial charge in [-0.25, -0.2) is 4.98 Å². The first-order valence-electron chi connectivity index (χ1n) is 5.33. The number of thioether (sulfide) groups is 1. The molecule has 1 heterocycles. The summed E-state index contributed by atoms with van der Waals surface area (Å²) in [5.41, 5.74) is 1.65. The normalized spacial score (nSPS) is 10.7. The van der Waals surface area contributed by atoms with Gasteiger partial charge in [-0.3, -0.25) is 9.36 Å². The van der Waals surface area contributed by atoms with Crippen molar-refractivity contribution in [2.75, 3.05) is 5.75 Å². The second kappa shape index (κ2) is 5.86. The summed E-state index contributed by atoms with van der Waals surface area (Å²) in [6, 6.07) is 5.16. The van der Waals surface area contributed by atoms with Gasteiger partial charge in [-0.05, 0) is 25.1 Å². The maximum atomic E-state index is 10.6. The molecule has 2 rings (SSSR count). The van der Waals surface area contributed by atoms with Crippen LogP contribution >= 0.6 is 35.0 Å². The minimum absolute atomic E-state index is 0.0508. The number of hydrogen-bond acceptors (Lipinski definition) is 3. The van der Waals surface area contributed by atoms with Gasteiger partial charge in [0.05, 0.1) is 11.4 Å². The molecule has 1 N–H and O–H groups in total. The van der Waals surface area contributed by atoms with E-state index in [4.69, 9.17) is 28.3 Å². The van der Waals surface area contributed by atoms with Crippen LogP contribution in [0.15, 0.2) is 29.6 Å². The molecule has 2 aromatic rings. The number of halogens is 2. The molecular formula is C12H10Cl2N2O2S. The van der Waals surface area contributed by atoms with Crippen molar-refractivity contribution in [3.8, 4) is 5.69 Å². The fourth-order valence-corrected chi connectivity index (χ4v) is 2.90. The third kappa shape index (κ3) is 3.43. The summed E-state index contributed by atoms with van der Waals surface area (Å²) in [6.07, 6.45) is 1.68. The third-order valence-electron chi connectivity index (χ3n) is 2.34. The van der Waals surface area contributed by atoms with Gasteiger partial charge in [-0.2, -0.15) is 0 Å². The van der Waals surface area contributed by atoms with Crippen LogP contribution in [-0.4, -0.2) is 26.4 Å². The predicted molar refractivity (Wildman–Crippen MR) is 76.7 cm³/mol. The van der Waals surface area contributed by atoms with Crippen LogP contribution < -0.4 is 0 Å². The zero-order valence-corrected chi connectivity index (χ0v) is 12.3. The number of hydrogen-bond donors (Lipinski definition) is 1. The number of benzene rings is 1. The number of rotatable bonds is 4. The Bertz CT molecular complexity index is 608. The standard InChI is InChI=1S/C12H10Cl2N2O2S/c1-7-5-15-12(19-6-11(17)18)16(7)10-3-8(13)2-9(14)4-10/h2-5H,6H2,1H3,(H,17,18). The van der Waals surface area contributed by atoms with E-state index in [0.717, 1.165) is 23.1 Å². The van der Waals surface area contributed by atoms with Gasteiger partial charge in [0, 0.05) is 21.9 Å². The number of aryl methyl sites for hydroxylation is 1. The molecule has 0 fully saturated rings. The van der Waals surface area contributed by atoms with Crippen molar-refractivity contribution < 1.29 is 9.90 Å². The highest BCUT2D eigenvalue weighted by molar-refractivity contribution is 7.99. The average molecular weight is 317 g/mol. The van der Waals surface area contributed by atoms with Crippen LogP contribution in [0, 0.1) is 6.92 Å². The largest absolute Gasteiger partial charge is 0.481 e. The molecule has 7 heteroatoms. The van der Waals surface area contributed by atoms with Crippen LogP contribution in [0.3, 0.4) is 0 Å². The van der Waals surface area contributed by atoms with Crippen LogP contribution in [0.2, 0.25) is 10.0 Å². The number of imidazole rings is 1. The van der Waals surface area contributed by atoms with Gasteiger partial charge in [0.15, 0.2) is 5.16 Å². The second-order valence-electron chi connectivity index (χ2n) is 3.83. The lowest BCUT2D eigenvalue weighted by molar-refractivity contribution is -0.133. The lowest BCUT2D eigenvalue weighted by Crippen LogP contribution is -2.03. The maximum absolute atomic E-state index is 10.6. The SMILES string of the molecule is Cc1cnc(SCC(=O)O)n1-c1cc(Cl)cc(Cl)c1. The fourth-order valence-electron chi connectivity index (χ4n) is 1.63. The van der Waals surface area contributed by atoms with E-state index in [0.29, 0.717) is 15.2 Å². The summed E-state index contributed by atoms with van der Waals surface area (Å²) in [7, 11) is 0. The van der Waals surface area contributed by atoms with Gasteiger partial charge >= 0.3 is 5.97 Å². The van der Waals surface area contributed by atoms with Gasteiger partial charge in [-0.1, -0.05) is 35.0 Å². The average Bonchev–Trinajstić information content (AvgIpc) is 2.66. The minimum atomic E-state index is -0.888. The quantitative estimate of drug-likeness (QED) is 0.874. The van der Waals surface area contributed by atoms with Crippen molar-refractivity contribution >= 4 is 40.9 Å². The first kappa shape index (κ1) is 14.2. The first-order chi connectivity index (χ1) is 8.97. The highest BCUT2D eigenvalue weighted by Crippen LogP contribution is 2.27. The zero-order valence-electron chi connectivity index (χ0n) is 9.93. The Kier molecular flexibility index (Phi) is 4.39. The Morgan fingerprint density at radius 1 is 1.37 bits per heavy atom. The molecule has 0 saturated carbocycles. The number of carboxylic acids is 1. The van der Waals surface area contributed by atoms with E-state index in [1.165, 1.54) is 0 Å². The minimum Gasteiger partial charge on any atom is -0.481 e. The maximum Gasteiger partial charge on any atom is 0.313 e. The third-order valence-corrected chi connectivity index (χ3v) is 3.71. The smallest absolute Gasteiger partial charge is 0.313 e. The first-order valence-corrected chi connectivity index (χ1v) is 7.07. The van der Waals surface area contributed by atoms with Crippen molar-refractivity contribution in [3.05, 3.63) is 40.1 Å². The zero-order chi connectivity index (χ0) is 14.0. The van der Waals surface area contributed by atoms with Gasteiger partial charge in [-0.15, -0.1) is 0 Å². The lowest BCUT2D eigenvalue weighted by Gasteiger charge is -2.10. The van der Waals surface area contributed by atoms with E-state index in [1.54, 1.807) is 24.4 Å². The molecule has 0 amide bonds. The van der Waals surface area contributed by atoms with Crippen molar-refractivity contribution in [2.24, 2.45) is 0 Å². The number of aromatic nitrogens is 2. The van der Waals surface area contributed by atoms with E-state index in [-0.39, 0.29) is 5.75 Å². The highest BCUT2D eigenvalue weighted by atomic mass is 35.5. The summed E-state index contributed by atoms with van der Waals surface area (Å²) < 4.78 is 1.82. The molecule has 0 spiro atoms. The van der Waals surface area contributed by atoms with Crippen molar-refractivity contribution in [1.82, 2.24) is 9.55 Å². The summed E-state index contributed by atoms with van der Waals surface area (Å²) in [4.78, 5) is 14.8. The predicted octanol–water partition coefficient (Wildman–Crippen LogP) is 3.66. The molecule has 4 nitrogen and oxygen atoms in total. The molecule has 1 aromatic carbocycles. The van der Waals surface area contributed by atoms with Gasteiger partial charge < -0.3 is 5.11 Å². The van der Waals surface area contributed by atoms with Gasteiger partial charge in [0.25, 0.3) is 0 Å². The molecule has 100 valence electrons. The molecule has 0 aliphatic rings. The van der Waals surface area contributed by atoms with E-state index in [9.17, 15) is 4.79 Å². The molecule has 0 unspecified atom stereocenters. The summed E-state index contributed by atoms with van der Waals surface area (Å²) in [5.74, 6) is -0.938. The van der Waals surface area contributed by atoms with Crippen LogP contribution in [0.5, 0.6) is 0 Å². The Morgan fingerprint density at radius 2 is 2.00 bits per heavy atom. The van der Waals surface area contributed by atoms with Crippen LogP contribution in [0.1, 0.15) is 5.69 Å². The Morgan fingerprint density at radius 3 is 2.58 bits per heavy atom. The highest BCUT2D eigenvalue weighted by Gasteiger charge is 2.12. The molecule has 0 saturated heterocycles. The van der Waals surface area contributed by atoms with E-state index in [2.05, 4.69) is 4.98 Å². The molecule has 0 atom stereocenters. The fraction of sp³-hybridized carbons (Fsp3) is 0.167. The monoisotopic (exact) mass is 316 g/mol. The van der Waals surface area contributed by atoms with Crippen LogP contribution in [0.25, 0.3) is 5.69 Å². The topological polar surface area (TPSA) is 55.1 Å². The summed E-state index contributed by atoms with van der Waals surface area (Å²) in [5, 5.41) is 10.4. The molecule has 19 heavy (non-hydrogen) atoms. The number of carbonyl (C=O) groups is 1. The number of nitrogens with zero attached hydrogens (tertiary/aromatic N) is 2. The lowest BCUT2D eigenvalue weighted by atomic mass is 10.3.